The van der Waals surface area contributed by atoms with E-state index in [0.717, 1.165) is 11.1 Å². The Morgan fingerprint density at radius 2 is 1.92 bits per heavy atom. The van der Waals surface area contributed by atoms with Crippen LogP contribution in [0.1, 0.15) is 16.2 Å². The molecule has 0 saturated carbocycles. The van der Waals surface area contributed by atoms with Gasteiger partial charge in [-0.15, -0.1) is 0 Å². The molecule has 3 aromatic rings. The van der Waals surface area contributed by atoms with Crippen molar-refractivity contribution in [1.82, 2.24) is 19.9 Å². The zero-order valence-electron chi connectivity index (χ0n) is 14.0. The number of nitrogens with two attached hydrogens (primary N) is 1. The summed E-state index contributed by atoms with van der Waals surface area (Å²) in [5.74, 6) is -0.314. The zero-order chi connectivity index (χ0) is 18.4. The largest absolute Gasteiger partial charge is 0.473 e. The first-order valence-electron chi connectivity index (χ1n) is 7.81. The molecule has 8 nitrogen and oxygen atoms in total. The quantitative estimate of drug-likeness (QED) is 0.644. The Balaban J connectivity index is 1.75. The van der Waals surface area contributed by atoms with E-state index in [0.29, 0.717) is 11.4 Å². The number of aryl methyl sites for hydroxylation is 1. The highest BCUT2D eigenvalue weighted by molar-refractivity contribution is 5.89. The van der Waals surface area contributed by atoms with Crippen LogP contribution in [0.15, 0.2) is 42.9 Å². The van der Waals surface area contributed by atoms with Gasteiger partial charge in [0.05, 0.1) is 11.8 Å². The van der Waals surface area contributed by atoms with Gasteiger partial charge in [0.1, 0.15) is 19.4 Å². The van der Waals surface area contributed by atoms with Crippen LogP contribution in [0.2, 0.25) is 0 Å². The summed E-state index contributed by atoms with van der Waals surface area (Å²) in [6, 6.07) is 7.70. The SMILES string of the molecule is Cc1ccc(-c2[c]nc(C(N)=O)nc2OCCOc2cnccn2)cc1. The van der Waals surface area contributed by atoms with Gasteiger partial charge in [0.25, 0.3) is 5.91 Å². The molecule has 8 heteroatoms. The van der Waals surface area contributed by atoms with Crippen molar-refractivity contribution in [2.24, 2.45) is 5.73 Å². The maximum atomic E-state index is 11.3. The molecular weight excluding hydrogens is 334 g/mol. The van der Waals surface area contributed by atoms with Gasteiger partial charge < -0.3 is 15.2 Å². The number of amides is 1. The highest BCUT2D eigenvalue weighted by Gasteiger charge is 2.14. The normalized spacial score (nSPS) is 10.3. The number of hydrogen-bond acceptors (Lipinski definition) is 7. The van der Waals surface area contributed by atoms with Crippen LogP contribution in [0.25, 0.3) is 11.1 Å². The van der Waals surface area contributed by atoms with Gasteiger partial charge in [0.2, 0.25) is 17.6 Å². The van der Waals surface area contributed by atoms with Crippen molar-refractivity contribution in [1.29, 1.82) is 0 Å². The number of carbonyl (C=O) groups excluding carboxylic acids is 1. The van der Waals surface area contributed by atoms with Crippen LogP contribution in [-0.2, 0) is 0 Å². The summed E-state index contributed by atoms with van der Waals surface area (Å²) in [5.41, 5.74) is 7.71. The standard InChI is InChI=1S/C18H16N5O3/c1-12-2-4-13(5-3-12)14-10-22-17(16(19)24)23-18(14)26-9-8-25-15-11-20-6-7-21-15/h2-7,11H,8-9H2,1H3,(H2,19,24). The van der Waals surface area contributed by atoms with Gasteiger partial charge in [-0.2, -0.15) is 4.98 Å². The van der Waals surface area contributed by atoms with Crippen molar-refractivity contribution in [2.45, 2.75) is 6.92 Å². The smallest absolute Gasteiger partial charge is 0.286 e. The van der Waals surface area contributed by atoms with E-state index in [2.05, 4.69) is 26.1 Å². The van der Waals surface area contributed by atoms with Crippen LogP contribution in [0.3, 0.4) is 0 Å². The predicted molar refractivity (Wildman–Crippen MR) is 92.6 cm³/mol. The van der Waals surface area contributed by atoms with E-state index in [1.54, 1.807) is 6.20 Å². The van der Waals surface area contributed by atoms with Gasteiger partial charge in [-0.25, -0.2) is 9.97 Å². The summed E-state index contributed by atoms with van der Waals surface area (Å²) >= 11 is 0. The number of rotatable bonds is 7. The van der Waals surface area contributed by atoms with Gasteiger partial charge >= 0.3 is 0 Å². The monoisotopic (exact) mass is 350 g/mol. The number of carbonyl (C=O) groups is 1. The lowest BCUT2D eigenvalue weighted by Crippen LogP contribution is -2.17. The minimum Gasteiger partial charge on any atom is -0.473 e. The molecule has 0 aliphatic rings. The van der Waals surface area contributed by atoms with Crippen molar-refractivity contribution in [3.8, 4) is 22.9 Å². The van der Waals surface area contributed by atoms with E-state index in [1.807, 2.05) is 31.2 Å². The molecule has 0 fully saturated rings. The van der Waals surface area contributed by atoms with E-state index in [-0.39, 0.29) is 24.9 Å². The third-order valence-electron chi connectivity index (χ3n) is 3.37. The topological polar surface area (TPSA) is 113 Å². The van der Waals surface area contributed by atoms with E-state index in [9.17, 15) is 4.79 Å². The average Bonchev–Trinajstić information content (AvgIpc) is 2.66. The second kappa shape index (κ2) is 8.02. The zero-order valence-corrected chi connectivity index (χ0v) is 14.0. The molecule has 0 bridgehead atoms. The second-order valence-electron chi connectivity index (χ2n) is 5.31. The maximum absolute atomic E-state index is 11.3. The van der Waals surface area contributed by atoms with Gasteiger partial charge in [0.15, 0.2) is 0 Å². The summed E-state index contributed by atoms with van der Waals surface area (Å²) in [6.07, 6.45) is 7.37. The fourth-order valence-corrected chi connectivity index (χ4v) is 2.10. The molecule has 1 radical (unpaired) electrons. The number of primary amides is 1. The highest BCUT2D eigenvalue weighted by atomic mass is 16.5. The van der Waals surface area contributed by atoms with Crippen molar-refractivity contribution in [3.63, 3.8) is 0 Å². The lowest BCUT2D eigenvalue weighted by molar-refractivity contribution is 0.0988. The lowest BCUT2D eigenvalue weighted by Gasteiger charge is -2.11. The van der Waals surface area contributed by atoms with Crippen molar-refractivity contribution < 1.29 is 14.3 Å². The lowest BCUT2D eigenvalue weighted by atomic mass is 10.1. The molecule has 1 amide bonds. The van der Waals surface area contributed by atoms with Crippen LogP contribution in [0.4, 0.5) is 0 Å². The number of nitrogens with zero attached hydrogens (tertiary/aromatic N) is 4. The van der Waals surface area contributed by atoms with E-state index >= 15 is 0 Å². The summed E-state index contributed by atoms with van der Waals surface area (Å²) in [6.45, 7) is 2.39. The fourth-order valence-electron chi connectivity index (χ4n) is 2.10. The molecule has 3 rings (SSSR count). The molecule has 2 N–H and O–H groups in total. The van der Waals surface area contributed by atoms with Crippen LogP contribution in [0, 0.1) is 13.1 Å². The molecule has 0 spiro atoms. The Morgan fingerprint density at radius 1 is 1.15 bits per heavy atom. The third kappa shape index (κ3) is 4.29. The number of aromatic nitrogens is 4. The van der Waals surface area contributed by atoms with E-state index < -0.39 is 5.91 Å². The summed E-state index contributed by atoms with van der Waals surface area (Å²) < 4.78 is 11.1. The molecule has 2 heterocycles. The summed E-state index contributed by atoms with van der Waals surface area (Å²) in [7, 11) is 0. The number of ether oxygens (including phenoxy) is 2. The number of hydrogen-bond donors (Lipinski definition) is 1. The van der Waals surface area contributed by atoms with Crippen LogP contribution < -0.4 is 15.2 Å². The van der Waals surface area contributed by atoms with Crippen LogP contribution >= 0.6 is 0 Å². The molecule has 0 aliphatic carbocycles. The second-order valence-corrected chi connectivity index (χ2v) is 5.31. The van der Waals surface area contributed by atoms with Crippen LogP contribution in [-0.4, -0.2) is 39.1 Å². The third-order valence-corrected chi connectivity index (χ3v) is 3.37. The maximum Gasteiger partial charge on any atom is 0.286 e. The Hall–Kier alpha value is -3.55. The highest BCUT2D eigenvalue weighted by Crippen LogP contribution is 2.27. The molecule has 0 aliphatic heterocycles. The minimum absolute atomic E-state index is 0.161. The molecule has 1 aromatic carbocycles. The van der Waals surface area contributed by atoms with E-state index in [4.69, 9.17) is 15.2 Å². The Morgan fingerprint density at radius 3 is 2.62 bits per heavy atom. The summed E-state index contributed by atoms with van der Waals surface area (Å²) in [5, 5.41) is 0. The van der Waals surface area contributed by atoms with Crippen molar-refractivity contribution in [3.05, 3.63) is 60.4 Å². The predicted octanol–water partition coefficient (Wildman–Crippen LogP) is 1.60. The Labute approximate surface area is 150 Å². The molecule has 0 unspecified atom stereocenters. The average molecular weight is 350 g/mol. The molecule has 0 atom stereocenters. The first-order chi connectivity index (χ1) is 12.6. The fraction of sp³-hybridized carbons (Fsp3) is 0.167. The van der Waals surface area contributed by atoms with Crippen LogP contribution in [0.5, 0.6) is 11.8 Å². The summed E-state index contributed by atoms with van der Waals surface area (Å²) in [4.78, 5) is 27.2. The first kappa shape index (κ1) is 17.3. The molecule has 26 heavy (non-hydrogen) atoms. The Bertz CT molecular complexity index is 885. The molecule has 0 saturated heterocycles. The minimum atomic E-state index is -0.752. The van der Waals surface area contributed by atoms with Crippen molar-refractivity contribution >= 4 is 5.91 Å². The van der Waals surface area contributed by atoms with Crippen molar-refractivity contribution in [2.75, 3.05) is 13.2 Å². The molecule has 2 aromatic heterocycles. The first-order valence-corrected chi connectivity index (χ1v) is 7.81. The molecule has 131 valence electrons. The van der Waals surface area contributed by atoms with Gasteiger partial charge in [-0.3, -0.25) is 9.78 Å². The number of benzene rings is 1. The van der Waals surface area contributed by atoms with Gasteiger partial charge in [-0.1, -0.05) is 29.8 Å². The van der Waals surface area contributed by atoms with Gasteiger partial charge in [0, 0.05) is 12.4 Å². The van der Waals surface area contributed by atoms with E-state index in [1.165, 1.54) is 12.4 Å². The Kier molecular flexibility index (Phi) is 5.33. The molecular formula is C18H16N5O3. The van der Waals surface area contributed by atoms with Gasteiger partial charge in [-0.05, 0) is 12.5 Å².